The van der Waals surface area contributed by atoms with Crippen LogP contribution in [0.4, 0.5) is 0 Å². The van der Waals surface area contributed by atoms with E-state index in [-0.39, 0.29) is 5.75 Å². The topological polar surface area (TPSA) is 72.5 Å². The number of benzene rings is 1. The van der Waals surface area contributed by atoms with Gasteiger partial charge in [-0.15, -0.1) is 10.2 Å². The molecule has 6 nitrogen and oxygen atoms in total. The summed E-state index contributed by atoms with van der Waals surface area (Å²) in [4.78, 5) is 0. The van der Waals surface area contributed by atoms with Gasteiger partial charge in [-0.2, -0.15) is 5.10 Å². The lowest BCUT2D eigenvalue weighted by Gasteiger charge is -2.04. The second kappa shape index (κ2) is 5.11. The summed E-state index contributed by atoms with van der Waals surface area (Å²) in [5.41, 5.74) is 0.599. The van der Waals surface area contributed by atoms with Gasteiger partial charge in [0.25, 0.3) is 0 Å². The molecule has 2 rings (SSSR count). The van der Waals surface area contributed by atoms with E-state index in [0.717, 1.165) is 0 Å². The molecule has 0 aliphatic carbocycles. The Morgan fingerprint density at radius 1 is 1.41 bits per heavy atom. The van der Waals surface area contributed by atoms with Crippen LogP contribution in [0.5, 0.6) is 11.5 Å². The molecule has 0 saturated carbocycles. The Balaban J connectivity index is 2.16. The van der Waals surface area contributed by atoms with Crippen LogP contribution < -0.4 is 4.74 Å². The third-order valence-electron chi connectivity index (χ3n) is 2.05. The minimum absolute atomic E-state index is 0.118. The van der Waals surface area contributed by atoms with E-state index in [1.165, 1.54) is 23.5 Å². The van der Waals surface area contributed by atoms with Crippen molar-refractivity contribution in [3.05, 3.63) is 36.4 Å². The predicted molar refractivity (Wildman–Crippen MR) is 62.3 cm³/mol. The van der Waals surface area contributed by atoms with Gasteiger partial charge in [0.05, 0.1) is 12.8 Å². The molecule has 1 N–H and O–H groups in total. The minimum Gasteiger partial charge on any atom is -0.507 e. The molecule has 0 unspecified atom stereocenters. The number of ether oxygens (including phenoxy) is 1. The SMILES string of the molecule is CCOc1ccc(C=Nn2cnnc2)c(O)c1. The number of rotatable bonds is 4. The number of aromatic nitrogens is 3. The average molecular weight is 232 g/mol. The Kier molecular flexibility index (Phi) is 3.34. The first kappa shape index (κ1) is 11.1. The zero-order valence-corrected chi connectivity index (χ0v) is 9.32. The van der Waals surface area contributed by atoms with Crippen molar-refractivity contribution in [2.24, 2.45) is 5.10 Å². The maximum Gasteiger partial charge on any atom is 0.141 e. The standard InChI is InChI=1S/C11H12N4O2/c1-2-17-10-4-3-9(11(16)5-10)6-14-15-7-12-13-8-15/h3-8,16H,2H2,1H3. The second-order valence-corrected chi connectivity index (χ2v) is 3.24. The van der Waals surface area contributed by atoms with Crippen LogP contribution in [0.15, 0.2) is 36.0 Å². The van der Waals surface area contributed by atoms with Crippen molar-refractivity contribution in [1.82, 2.24) is 14.9 Å². The van der Waals surface area contributed by atoms with Crippen LogP contribution in [-0.2, 0) is 0 Å². The van der Waals surface area contributed by atoms with Crippen molar-refractivity contribution in [1.29, 1.82) is 0 Å². The van der Waals surface area contributed by atoms with Gasteiger partial charge in [0.1, 0.15) is 24.2 Å². The normalized spacial score (nSPS) is 10.9. The minimum atomic E-state index is 0.118. The van der Waals surface area contributed by atoms with Crippen LogP contribution >= 0.6 is 0 Å². The lowest BCUT2D eigenvalue weighted by Crippen LogP contribution is -1.93. The third kappa shape index (κ3) is 2.81. The van der Waals surface area contributed by atoms with Crippen molar-refractivity contribution in [3.63, 3.8) is 0 Å². The number of phenols is 1. The lowest BCUT2D eigenvalue weighted by atomic mass is 10.2. The molecule has 17 heavy (non-hydrogen) atoms. The van der Waals surface area contributed by atoms with E-state index in [1.807, 2.05) is 6.92 Å². The average Bonchev–Trinajstić information content (AvgIpc) is 2.81. The van der Waals surface area contributed by atoms with Crippen LogP contribution in [-0.4, -0.2) is 32.8 Å². The summed E-state index contributed by atoms with van der Waals surface area (Å²) in [5.74, 6) is 0.749. The summed E-state index contributed by atoms with van der Waals surface area (Å²) in [6.07, 6.45) is 4.44. The van der Waals surface area contributed by atoms with Crippen LogP contribution in [0.25, 0.3) is 0 Å². The Morgan fingerprint density at radius 2 is 2.18 bits per heavy atom. The molecule has 0 amide bonds. The highest BCUT2D eigenvalue weighted by atomic mass is 16.5. The predicted octanol–water partition coefficient (Wildman–Crippen LogP) is 1.26. The first-order valence-electron chi connectivity index (χ1n) is 5.14. The number of nitrogens with zero attached hydrogens (tertiary/aromatic N) is 4. The van der Waals surface area contributed by atoms with Gasteiger partial charge in [-0.3, -0.25) is 0 Å². The molecule has 0 spiro atoms. The molecule has 0 aliphatic heterocycles. The summed E-state index contributed by atoms with van der Waals surface area (Å²) in [6, 6.07) is 5.06. The van der Waals surface area contributed by atoms with Gasteiger partial charge in [-0.25, -0.2) is 4.68 Å². The number of phenolic OH excluding ortho intramolecular Hbond substituents is 1. The largest absolute Gasteiger partial charge is 0.507 e. The molecule has 0 aliphatic rings. The van der Waals surface area contributed by atoms with Crippen LogP contribution in [0.1, 0.15) is 12.5 Å². The Bertz CT molecular complexity index is 508. The quantitative estimate of drug-likeness (QED) is 0.805. The van der Waals surface area contributed by atoms with Crippen molar-refractivity contribution >= 4 is 6.21 Å². The molecule has 6 heteroatoms. The molecule has 0 radical (unpaired) electrons. The number of hydrogen-bond donors (Lipinski definition) is 1. The first-order chi connectivity index (χ1) is 8.29. The summed E-state index contributed by atoms with van der Waals surface area (Å²) in [5, 5.41) is 21.0. The smallest absolute Gasteiger partial charge is 0.141 e. The van der Waals surface area contributed by atoms with Crippen molar-refractivity contribution < 1.29 is 9.84 Å². The molecular formula is C11H12N4O2. The van der Waals surface area contributed by atoms with Gasteiger partial charge in [0.2, 0.25) is 0 Å². The highest BCUT2D eigenvalue weighted by Crippen LogP contribution is 2.22. The van der Waals surface area contributed by atoms with E-state index in [9.17, 15) is 5.11 Å². The Labute approximate surface area is 98.2 Å². The molecule has 0 saturated heterocycles. The molecule has 0 bridgehead atoms. The van der Waals surface area contributed by atoms with Gasteiger partial charge in [0, 0.05) is 11.6 Å². The first-order valence-corrected chi connectivity index (χ1v) is 5.14. The summed E-state index contributed by atoms with van der Waals surface area (Å²) < 4.78 is 6.70. The van der Waals surface area contributed by atoms with E-state index in [0.29, 0.717) is 17.9 Å². The van der Waals surface area contributed by atoms with Gasteiger partial charge in [-0.1, -0.05) is 0 Å². The molecule has 1 aromatic carbocycles. The van der Waals surface area contributed by atoms with Gasteiger partial charge in [-0.05, 0) is 19.1 Å². The van der Waals surface area contributed by atoms with Crippen molar-refractivity contribution in [2.45, 2.75) is 6.92 Å². The van der Waals surface area contributed by atoms with Gasteiger partial charge in [0.15, 0.2) is 0 Å². The van der Waals surface area contributed by atoms with E-state index in [2.05, 4.69) is 15.3 Å². The lowest BCUT2D eigenvalue weighted by molar-refractivity contribution is 0.337. The second-order valence-electron chi connectivity index (χ2n) is 3.24. The third-order valence-corrected chi connectivity index (χ3v) is 2.05. The zero-order chi connectivity index (χ0) is 12.1. The molecule has 88 valence electrons. The highest BCUT2D eigenvalue weighted by Gasteiger charge is 2.00. The van der Waals surface area contributed by atoms with E-state index in [4.69, 9.17) is 4.74 Å². The van der Waals surface area contributed by atoms with Crippen molar-refractivity contribution in [2.75, 3.05) is 6.61 Å². The highest BCUT2D eigenvalue weighted by molar-refractivity contribution is 5.83. The fraction of sp³-hybridized carbons (Fsp3) is 0.182. The van der Waals surface area contributed by atoms with E-state index < -0.39 is 0 Å². The Hall–Kier alpha value is -2.37. The molecule has 0 atom stereocenters. The van der Waals surface area contributed by atoms with Crippen LogP contribution in [0.3, 0.4) is 0 Å². The monoisotopic (exact) mass is 232 g/mol. The molecule has 2 aromatic rings. The molecule has 1 aromatic heterocycles. The van der Waals surface area contributed by atoms with E-state index in [1.54, 1.807) is 18.2 Å². The fourth-order valence-electron chi connectivity index (χ4n) is 1.27. The van der Waals surface area contributed by atoms with Crippen LogP contribution in [0.2, 0.25) is 0 Å². The Morgan fingerprint density at radius 3 is 2.82 bits per heavy atom. The number of hydrogen-bond acceptors (Lipinski definition) is 5. The maximum atomic E-state index is 9.73. The van der Waals surface area contributed by atoms with Crippen LogP contribution in [0, 0.1) is 0 Å². The van der Waals surface area contributed by atoms with Crippen molar-refractivity contribution in [3.8, 4) is 11.5 Å². The molecule has 0 fully saturated rings. The van der Waals surface area contributed by atoms with Gasteiger partial charge < -0.3 is 9.84 Å². The number of aromatic hydroxyl groups is 1. The van der Waals surface area contributed by atoms with Gasteiger partial charge >= 0.3 is 0 Å². The maximum absolute atomic E-state index is 9.73. The summed E-state index contributed by atoms with van der Waals surface area (Å²) >= 11 is 0. The molecule has 1 heterocycles. The fourth-order valence-corrected chi connectivity index (χ4v) is 1.27. The summed E-state index contributed by atoms with van der Waals surface area (Å²) in [7, 11) is 0. The zero-order valence-electron chi connectivity index (χ0n) is 9.32. The molecular weight excluding hydrogens is 220 g/mol. The summed E-state index contributed by atoms with van der Waals surface area (Å²) in [6.45, 7) is 2.45. The van der Waals surface area contributed by atoms with E-state index >= 15 is 0 Å².